The molecular formula is C20H24N6OS. The first kappa shape index (κ1) is 18.5. The van der Waals surface area contributed by atoms with Crippen LogP contribution in [-0.2, 0) is 0 Å². The van der Waals surface area contributed by atoms with Crippen molar-refractivity contribution in [3.63, 3.8) is 0 Å². The number of pyridine rings is 1. The molecular weight excluding hydrogens is 372 g/mol. The fourth-order valence-corrected chi connectivity index (χ4v) is 3.71. The summed E-state index contributed by atoms with van der Waals surface area (Å²) in [5.41, 5.74) is 13.6. The summed E-state index contributed by atoms with van der Waals surface area (Å²) in [5.74, 6) is 0.816. The molecule has 2 aromatic rings. The van der Waals surface area contributed by atoms with Crippen LogP contribution >= 0.6 is 12.2 Å². The van der Waals surface area contributed by atoms with Gasteiger partial charge in [0.2, 0.25) is 0 Å². The van der Waals surface area contributed by atoms with Crippen molar-refractivity contribution in [2.45, 2.75) is 13.3 Å². The van der Waals surface area contributed by atoms with Crippen LogP contribution in [0.5, 0.6) is 5.75 Å². The molecule has 1 fully saturated rings. The number of thiocarbonyl (C=S) groups is 1. The number of nitrogens with zero attached hydrogens (tertiary/aromatic N) is 4. The SMILES string of the molecule is Cc1ccnc2c1OCC/C2=N/NC(=S)N1CCN(c2cccc(N)c2)CC1. The van der Waals surface area contributed by atoms with Gasteiger partial charge in [-0.25, -0.2) is 0 Å². The van der Waals surface area contributed by atoms with E-state index >= 15 is 0 Å². The standard InChI is InChI=1S/C20H24N6OS/c1-14-5-7-22-18-17(6-12-27-19(14)18)23-24-20(28)26-10-8-25(9-11-26)16-4-2-3-15(21)13-16/h2-5,7,13H,6,8-12,21H2,1H3,(H,24,28)/b23-17-. The zero-order valence-electron chi connectivity index (χ0n) is 15.9. The average molecular weight is 397 g/mol. The van der Waals surface area contributed by atoms with E-state index in [1.807, 2.05) is 31.2 Å². The third kappa shape index (κ3) is 3.87. The van der Waals surface area contributed by atoms with Crippen LogP contribution in [-0.4, -0.2) is 53.5 Å². The third-order valence-electron chi connectivity index (χ3n) is 5.05. The van der Waals surface area contributed by atoms with Gasteiger partial charge in [0.15, 0.2) is 5.11 Å². The van der Waals surface area contributed by atoms with E-state index < -0.39 is 0 Å². The quantitative estimate of drug-likeness (QED) is 0.457. The van der Waals surface area contributed by atoms with Crippen molar-refractivity contribution in [3.8, 4) is 5.75 Å². The number of hydrazone groups is 1. The Morgan fingerprint density at radius 1 is 1.25 bits per heavy atom. The van der Waals surface area contributed by atoms with Crippen LogP contribution in [0.15, 0.2) is 41.6 Å². The molecule has 0 saturated carbocycles. The number of aromatic nitrogens is 1. The van der Waals surface area contributed by atoms with Crippen LogP contribution < -0.4 is 20.8 Å². The molecule has 0 spiro atoms. The Labute approximate surface area is 170 Å². The van der Waals surface area contributed by atoms with Gasteiger partial charge in [0.05, 0.1) is 12.3 Å². The lowest BCUT2D eigenvalue weighted by atomic mass is 10.1. The second-order valence-electron chi connectivity index (χ2n) is 6.95. The Morgan fingerprint density at radius 2 is 2.07 bits per heavy atom. The van der Waals surface area contributed by atoms with Crippen LogP contribution in [0.25, 0.3) is 0 Å². The second-order valence-corrected chi connectivity index (χ2v) is 7.34. The van der Waals surface area contributed by atoms with Crippen molar-refractivity contribution in [1.29, 1.82) is 0 Å². The molecule has 0 radical (unpaired) electrons. The number of nitrogen functional groups attached to an aromatic ring is 1. The Morgan fingerprint density at radius 3 is 2.86 bits per heavy atom. The zero-order valence-corrected chi connectivity index (χ0v) is 16.7. The van der Waals surface area contributed by atoms with E-state index in [-0.39, 0.29) is 0 Å². The van der Waals surface area contributed by atoms with E-state index in [4.69, 9.17) is 22.7 Å². The maximum atomic E-state index is 5.90. The van der Waals surface area contributed by atoms with Gasteiger partial charge in [-0.3, -0.25) is 10.4 Å². The molecule has 3 heterocycles. The number of nitrogens with two attached hydrogens (primary N) is 1. The third-order valence-corrected chi connectivity index (χ3v) is 5.40. The number of piperazine rings is 1. The van der Waals surface area contributed by atoms with Crippen LogP contribution in [0.3, 0.4) is 0 Å². The van der Waals surface area contributed by atoms with Crippen LogP contribution in [0.4, 0.5) is 11.4 Å². The molecule has 146 valence electrons. The lowest BCUT2D eigenvalue weighted by Crippen LogP contribution is -2.51. The van der Waals surface area contributed by atoms with E-state index in [1.165, 1.54) is 0 Å². The summed E-state index contributed by atoms with van der Waals surface area (Å²) < 4.78 is 5.74. The molecule has 8 heteroatoms. The van der Waals surface area contributed by atoms with E-state index in [9.17, 15) is 0 Å². The number of rotatable bonds is 2. The second kappa shape index (κ2) is 8.02. The molecule has 0 bridgehead atoms. The average Bonchev–Trinajstić information content (AvgIpc) is 2.72. The molecule has 1 aromatic carbocycles. The molecule has 0 amide bonds. The van der Waals surface area contributed by atoms with Crippen LogP contribution in [0.1, 0.15) is 17.7 Å². The fourth-order valence-electron chi connectivity index (χ4n) is 3.48. The lowest BCUT2D eigenvalue weighted by molar-refractivity contribution is 0.315. The van der Waals surface area contributed by atoms with Gasteiger partial charge in [-0.15, -0.1) is 0 Å². The first-order valence-electron chi connectivity index (χ1n) is 9.42. The van der Waals surface area contributed by atoms with Gasteiger partial charge in [-0.05, 0) is 49.0 Å². The topological polar surface area (TPSA) is 79.0 Å². The summed E-state index contributed by atoms with van der Waals surface area (Å²) in [6.07, 6.45) is 2.49. The number of hydrogen-bond donors (Lipinski definition) is 2. The van der Waals surface area contributed by atoms with Gasteiger partial charge < -0.3 is 20.3 Å². The summed E-state index contributed by atoms with van der Waals surface area (Å²) in [4.78, 5) is 8.90. The highest BCUT2D eigenvalue weighted by molar-refractivity contribution is 7.80. The van der Waals surface area contributed by atoms with Gasteiger partial charge in [0.25, 0.3) is 0 Å². The molecule has 2 aliphatic heterocycles. The van der Waals surface area contributed by atoms with E-state index in [0.717, 1.165) is 60.3 Å². The van der Waals surface area contributed by atoms with E-state index in [2.05, 4.69) is 31.4 Å². The first-order chi connectivity index (χ1) is 13.6. The monoisotopic (exact) mass is 396 g/mol. The Bertz CT molecular complexity index is 907. The molecule has 0 aliphatic carbocycles. The number of aryl methyl sites for hydroxylation is 1. The Hall–Kier alpha value is -2.87. The smallest absolute Gasteiger partial charge is 0.189 e. The number of anilines is 2. The predicted octanol–water partition coefficient (Wildman–Crippen LogP) is 2.16. The summed E-state index contributed by atoms with van der Waals surface area (Å²) in [6, 6.07) is 9.94. The summed E-state index contributed by atoms with van der Waals surface area (Å²) >= 11 is 5.56. The van der Waals surface area contributed by atoms with Crippen molar-refractivity contribution in [2.75, 3.05) is 43.4 Å². The normalized spacial score (nSPS) is 17.8. The number of hydrogen-bond acceptors (Lipinski definition) is 6. The number of fused-ring (bicyclic) bond motifs is 1. The van der Waals surface area contributed by atoms with Gasteiger partial charge in [-0.1, -0.05) is 6.07 Å². The molecule has 1 aromatic heterocycles. The lowest BCUT2D eigenvalue weighted by Gasteiger charge is -2.37. The largest absolute Gasteiger partial charge is 0.491 e. The fraction of sp³-hybridized carbons (Fsp3) is 0.350. The van der Waals surface area contributed by atoms with Gasteiger partial charge in [0.1, 0.15) is 11.4 Å². The summed E-state index contributed by atoms with van der Waals surface area (Å²) in [5, 5.41) is 5.18. The van der Waals surface area contributed by atoms with Crippen molar-refractivity contribution < 1.29 is 4.74 Å². The van der Waals surface area contributed by atoms with Crippen molar-refractivity contribution in [2.24, 2.45) is 5.10 Å². The minimum Gasteiger partial charge on any atom is -0.491 e. The zero-order chi connectivity index (χ0) is 19.5. The molecule has 0 unspecified atom stereocenters. The minimum atomic E-state index is 0.603. The highest BCUT2D eigenvalue weighted by Gasteiger charge is 2.22. The maximum Gasteiger partial charge on any atom is 0.189 e. The van der Waals surface area contributed by atoms with E-state index in [0.29, 0.717) is 18.1 Å². The Kier molecular flexibility index (Phi) is 5.29. The van der Waals surface area contributed by atoms with Crippen molar-refractivity contribution in [1.82, 2.24) is 15.3 Å². The number of benzene rings is 1. The highest BCUT2D eigenvalue weighted by atomic mass is 32.1. The molecule has 28 heavy (non-hydrogen) atoms. The van der Waals surface area contributed by atoms with Gasteiger partial charge >= 0.3 is 0 Å². The summed E-state index contributed by atoms with van der Waals surface area (Å²) in [7, 11) is 0. The first-order valence-corrected chi connectivity index (χ1v) is 9.83. The highest BCUT2D eigenvalue weighted by Crippen LogP contribution is 2.26. The van der Waals surface area contributed by atoms with Gasteiger partial charge in [-0.2, -0.15) is 5.10 Å². The molecule has 1 saturated heterocycles. The minimum absolute atomic E-state index is 0.603. The molecule has 7 nitrogen and oxygen atoms in total. The number of nitrogens with one attached hydrogen (secondary N) is 1. The molecule has 0 atom stereocenters. The predicted molar refractivity (Wildman–Crippen MR) is 116 cm³/mol. The van der Waals surface area contributed by atoms with Crippen molar-refractivity contribution in [3.05, 3.63) is 47.8 Å². The van der Waals surface area contributed by atoms with Gasteiger partial charge in [0, 0.05) is 50.2 Å². The van der Waals surface area contributed by atoms with Crippen LogP contribution in [0.2, 0.25) is 0 Å². The molecule has 3 N–H and O–H groups in total. The Balaban J connectivity index is 1.37. The number of ether oxygens (including phenoxy) is 1. The molecule has 4 rings (SSSR count). The molecule has 2 aliphatic rings. The summed E-state index contributed by atoms with van der Waals surface area (Å²) in [6.45, 7) is 6.07. The van der Waals surface area contributed by atoms with E-state index in [1.54, 1.807) is 6.20 Å². The van der Waals surface area contributed by atoms with Crippen molar-refractivity contribution >= 4 is 34.4 Å². The van der Waals surface area contributed by atoms with Crippen LogP contribution in [0, 0.1) is 6.92 Å². The maximum absolute atomic E-state index is 5.90.